The van der Waals surface area contributed by atoms with Crippen molar-refractivity contribution in [3.8, 4) is 11.3 Å². The molecule has 98 valence electrons. The Bertz CT molecular complexity index is 597. The normalized spacial score (nSPS) is 18.6. The van der Waals surface area contributed by atoms with Crippen LogP contribution in [0.25, 0.3) is 11.3 Å². The van der Waals surface area contributed by atoms with E-state index in [0.717, 1.165) is 22.0 Å². The Hall–Kier alpha value is -1.40. The van der Waals surface area contributed by atoms with Crippen LogP contribution in [-0.4, -0.2) is 22.8 Å². The van der Waals surface area contributed by atoms with E-state index in [4.69, 9.17) is 4.74 Å². The minimum absolute atomic E-state index is 0.146. The fraction of sp³-hybridized carbons (Fsp3) is 0.231. The van der Waals surface area contributed by atoms with E-state index >= 15 is 0 Å². The summed E-state index contributed by atoms with van der Waals surface area (Å²) in [6, 6.07) is 6.22. The first-order valence-corrected chi connectivity index (χ1v) is 7.53. The van der Waals surface area contributed by atoms with Gasteiger partial charge in [-0.05, 0) is 24.3 Å². The van der Waals surface area contributed by atoms with E-state index in [1.807, 2.05) is 5.38 Å². The number of esters is 1. The average Bonchev–Trinajstić information content (AvgIpc) is 3.01. The van der Waals surface area contributed by atoms with Gasteiger partial charge in [-0.25, -0.2) is 9.37 Å². The molecular formula is C13H10FNO2S2. The lowest BCUT2D eigenvalue weighted by atomic mass is 10.2. The van der Waals surface area contributed by atoms with Gasteiger partial charge in [0, 0.05) is 17.4 Å². The summed E-state index contributed by atoms with van der Waals surface area (Å²) >= 11 is 2.92. The molecule has 0 amide bonds. The number of rotatable bonds is 3. The molecule has 1 fully saturated rings. The maximum atomic E-state index is 12.8. The molecule has 1 aliphatic rings. The van der Waals surface area contributed by atoms with Crippen LogP contribution in [0.5, 0.6) is 0 Å². The van der Waals surface area contributed by atoms with Gasteiger partial charge in [0.15, 0.2) is 4.34 Å². The lowest BCUT2D eigenvalue weighted by Crippen LogP contribution is -2.08. The third-order valence-electron chi connectivity index (χ3n) is 2.75. The number of hydrogen-bond donors (Lipinski definition) is 0. The predicted octanol–water partition coefficient (Wildman–Crippen LogP) is 3.36. The van der Waals surface area contributed by atoms with Crippen LogP contribution < -0.4 is 0 Å². The van der Waals surface area contributed by atoms with Crippen LogP contribution in [0, 0.1) is 5.82 Å². The van der Waals surface area contributed by atoms with Crippen molar-refractivity contribution in [2.75, 3.05) is 6.61 Å². The van der Waals surface area contributed by atoms with Crippen LogP contribution in [0.3, 0.4) is 0 Å². The zero-order valence-corrected chi connectivity index (χ0v) is 11.5. The number of hydrogen-bond acceptors (Lipinski definition) is 5. The number of benzene rings is 1. The standard InChI is InChI=1S/C13H10FNO2S2/c14-9-3-1-8(2-4-9)10-7-18-13(15-10)19-11-5-6-17-12(11)16/h1-4,7,11H,5-6H2. The SMILES string of the molecule is O=C1OCCC1Sc1nc(-c2ccc(F)cc2)cs1. The zero-order valence-electron chi connectivity index (χ0n) is 9.84. The molecule has 0 radical (unpaired) electrons. The largest absolute Gasteiger partial charge is 0.465 e. The van der Waals surface area contributed by atoms with Gasteiger partial charge < -0.3 is 4.74 Å². The number of ether oxygens (including phenoxy) is 1. The number of thiazole rings is 1. The first-order valence-electron chi connectivity index (χ1n) is 5.77. The summed E-state index contributed by atoms with van der Waals surface area (Å²) in [5.41, 5.74) is 1.68. The van der Waals surface area contributed by atoms with Crippen molar-refractivity contribution < 1.29 is 13.9 Å². The van der Waals surface area contributed by atoms with Crippen molar-refractivity contribution in [1.82, 2.24) is 4.98 Å². The highest BCUT2D eigenvalue weighted by Crippen LogP contribution is 2.34. The molecule has 6 heteroatoms. The fourth-order valence-corrected chi connectivity index (χ4v) is 3.81. The predicted molar refractivity (Wildman–Crippen MR) is 72.7 cm³/mol. The van der Waals surface area contributed by atoms with Gasteiger partial charge >= 0.3 is 5.97 Å². The number of thioether (sulfide) groups is 1. The summed E-state index contributed by atoms with van der Waals surface area (Å²) in [7, 11) is 0. The molecule has 0 spiro atoms. The van der Waals surface area contributed by atoms with Gasteiger partial charge in [0.2, 0.25) is 0 Å². The Kier molecular flexibility index (Phi) is 3.52. The second-order valence-corrected chi connectivity index (χ2v) is 6.38. The van der Waals surface area contributed by atoms with Gasteiger partial charge in [0.1, 0.15) is 11.1 Å². The summed E-state index contributed by atoms with van der Waals surface area (Å²) < 4.78 is 18.6. The summed E-state index contributed by atoms with van der Waals surface area (Å²) in [5, 5.41) is 1.77. The number of halogens is 1. The molecule has 1 aromatic carbocycles. The zero-order chi connectivity index (χ0) is 13.2. The van der Waals surface area contributed by atoms with Crippen LogP contribution in [0.2, 0.25) is 0 Å². The Labute approximate surface area is 117 Å². The number of aromatic nitrogens is 1. The average molecular weight is 295 g/mol. The summed E-state index contributed by atoms with van der Waals surface area (Å²) in [6.45, 7) is 0.493. The maximum absolute atomic E-state index is 12.8. The summed E-state index contributed by atoms with van der Waals surface area (Å²) in [6.07, 6.45) is 0.731. The third-order valence-corrected chi connectivity index (χ3v) is 4.97. The molecule has 0 bridgehead atoms. The molecule has 1 saturated heterocycles. The highest BCUT2D eigenvalue weighted by molar-refractivity contribution is 8.02. The highest BCUT2D eigenvalue weighted by Gasteiger charge is 2.28. The van der Waals surface area contributed by atoms with Crippen LogP contribution in [0.15, 0.2) is 34.0 Å². The van der Waals surface area contributed by atoms with E-state index in [9.17, 15) is 9.18 Å². The number of carbonyl (C=O) groups excluding carboxylic acids is 1. The monoisotopic (exact) mass is 295 g/mol. The number of nitrogens with zero attached hydrogens (tertiary/aromatic N) is 1. The van der Waals surface area contributed by atoms with Gasteiger partial charge in [-0.3, -0.25) is 4.79 Å². The molecule has 1 unspecified atom stereocenters. The molecule has 0 aliphatic carbocycles. The van der Waals surface area contributed by atoms with E-state index in [1.54, 1.807) is 12.1 Å². The van der Waals surface area contributed by atoms with Crippen LogP contribution >= 0.6 is 23.1 Å². The Balaban J connectivity index is 1.75. The van der Waals surface area contributed by atoms with Crippen molar-refractivity contribution >= 4 is 29.1 Å². The fourth-order valence-electron chi connectivity index (χ4n) is 1.77. The maximum Gasteiger partial charge on any atom is 0.319 e. The highest BCUT2D eigenvalue weighted by atomic mass is 32.2. The van der Waals surface area contributed by atoms with Crippen molar-refractivity contribution in [2.24, 2.45) is 0 Å². The van der Waals surface area contributed by atoms with E-state index in [0.29, 0.717) is 6.61 Å². The van der Waals surface area contributed by atoms with Crippen molar-refractivity contribution in [3.05, 3.63) is 35.5 Å². The van der Waals surface area contributed by atoms with Gasteiger partial charge in [0.05, 0.1) is 12.3 Å². The van der Waals surface area contributed by atoms with Crippen molar-refractivity contribution in [1.29, 1.82) is 0 Å². The quantitative estimate of drug-likeness (QED) is 0.814. The van der Waals surface area contributed by atoms with E-state index < -0.39 is 0 Å². The second-order valence-electron chi connectivity index (χ2n) is 4.07. The number of carbonyl (C=O) groups is 1. The minimum Gasteiger partial charge on any atom is -0.465 e. The van der Waals surface area contributed by atoms with Gasteiger partial charge in [0.25, 0.3) is 0 Å². The Morgan fingerprint density at radius 1 is 1.37 bits per heavy atom. The topological polar surface area (TPSA) is 39.2 Å². The smallest absolute Gasteiger partial charge is 0.319 e. The van der Waals surface area contributed by atoms with Crippen molar-refractivity contribution in [2.45, 2.75) is 16.0 Å². The van der Waals surface area contributed by atoms with E-state index in [2.05, 4.69) is 4.98 Å². The molecule has 1 atom stereocenters. The van der Waals surface area contributed by atoms with E-state index in [-0.39, 0.29) is 17.0 Å². The molecule has 0 N–H and O–H groups in total. The van der Waals surface area contributed by atoms with Crippen LogP contribution in [0.1, 0.15) is 6.42 Å². The van der Waals surface area contributed by atoms with Gasteiger partial charge in [-0.15, -0.1) is 11.3 Å². The minimum atomic E-state index is -0.262. The molecule has 3 rings (SSSR count). The van der Waals surface area contributed by atoms with Crippen LogP contribution in [-0.2, 0) is 9.53 Å². The Morgan fingerprint density at radius 3 is 2.84 bits per heavy atom. The van der Waals surface area contributed by atoms with Crippen molar-refractivity contribution in [3.63, 3.8) is 0 Å². The molecule has 2 aromatic rings. The number of cyclic esters (lactones) is 1. The summed E-state index contributed by atoms with van der Waals surface area (Å²) in [5.74, 6) is -0.425. The summed E-state index contributed by atoms with van der Waals surface area (Å²) in [4.78, 5) is 15.8. The first kappa shape index (κ1) is 12.6. The molecule has 2 heterocycles. The Morgan fingerprint density at radius 2 is 2.16 bits per heavy atom. The van der Waals surface area contributed by atoms with Gasteiger partial charge in [-0.2, -0.15) is 0 Å². The lowest BCUT2D eigenvalue weighted by molar-refractivity contribution is -0.137. The third kappa shape index (κ3) is 2.79. The van der Waals surface area contributed by atoms with Crippen LogP contribution in [0.4, 0.5) is 4.39 Å². The van der Waals surface area contributed by atoms with E-state index in [1.165, 1.54) is 35.2 Å². The first-order chi connectivity index (χ1) is 9.22. The molecule has 19 heavy (non-hydrogen) atoms. The van der Waals surface area contributed by atoms with Gasteiger partial charge in [-0.1, -0.05) is 11.8 Å². The molecule has 3 nitrogen and oxygen atoms in total. The molecule has 0 saturated carbocycles. The molecule has 1 aromatic heterocycles. The molecule has 1 aliphatic heterocycles. The lowest BCUT2D eigenvalue weighted by Gasteiger charge is -2.00. The second kappa shape index (κ2) is 5.30. The molecular weight excluding hydrogens is 285 g/mol.